The van der Waals surface area contributed by atoms with Gasteiger partial charge in [-0.05, 0) is 51.0 Å². The Labute approximate surface area is 123 Å². The van der Waals surface area contributed by atoms with Crippen LogP contribution in [-0.4, -0.2) is 36.3 Å². The highest BCUT2D eigenvalue weighted by molar-refractivity contribution is 7.99. The Kier molecular flexibility index (Phi) is 6.04. The molecule has 2 saturated carbocycles. The summed E-state index contributed by atoms with van der Waals surface area (Å²) in [5, 5.41) is 3.90. The van der Waals surface area contributed by atoms with Crippen LogP contribution in [0.3, 0.4) is 0 Å². The van der Waals surface area contributed by atoms with Crippen LogP contribution in [0.15, 0.2) is 0 Å². The van der Waals surface area contributed by atoms with Gasteiger partial charge in [0.1, 0.15) is 0 Å². The molecular formula is C16H31NOS. The van der Waals surface area contributed by atoms with Crippen molar-refractivity contribution in [3.05, 3.63) is 0 Å². The molecule has 2 aliphatic rings. The van der Waals surface area contributed by atoms with Crippen molar-refractivity contribution >= 4 is 11.8 Å². The number of thioether (sulfide) groups is 1. The van der Waals surface area contributed by atoms with Crippen molar-refractivity contribution in [1.82, 2.24) is 5.32 Å². The van der Waals surface area contributed by atoms with Crippen LogP contribution in [0.25, 0.3) is 0 Å². The van der Waals surface area contributed by atoms with Crippen LogP contribution in [0.2, 0.25) is 0 Å². The summed E-state index contributed by atoms with van der Waals surface area (Å²) in [6.07, 6.45) is 8.64. The Balaban J connectivity index is 1.80. The van der Waals surface area contributed by atoms with E-state index in [9.17, 15) is 0 Å². The number of hydrogen-bond acceptors (Lipinski definition) is 3. The summed E-state index contributed by atoms with van der Waals surface area (Å²) in [7, 11) is 0. The molecule has 0 radical (unpaired) electrons. The molecule has 3 unspecified atom stereocenters. The second-order valence-electron chi connectivity index (χ2n) is 6.23. The van der Waals surface area contributed by atoms with E-state index in [4.69, 9.17) is 4.74 Å². The lowest BCUT2D eigenvalue weighted by Gasteiger charge is -2.55. The van der Waals surface area contributed by atoms with E-state index >= 15 is 0 Å². The highest BCUT2D eigenvalue weighted by Gasteiger charge is 2.56. The number of rotatable bonds is 8. The fourth-order valence-electron chi connectivity index (χ4n) is 3.95. The zero-order valence-electron chi connectivity index (χ0n) is 12.9. The first-order valence-electron chi connectivity index (χ1n) is 8.18. The molecule has 0 aromatic rings. The second kappa shape index (κ2) is 7.33. The third kappa shape index (κ3) is 3.48. The Morgan fingerprint density at radius 3 is 2.68 bits per heavy atom. The summed E-state index contributed by atoms with van der Waals surface area (Å²) in [5.41, 5.74) is 0.488. The summed E-state index contributed by atoms with van der Waals surface area (Å²) in [6.45, 7) is 7.61. The predicted molar refractivity (Wildman–Crippen MR) is 84.9 cm³/mol. The lowest BCUT2D eigenvalue weighted by Crippen LogP contribution is -2.64. The smallest absolute Gasteiger partial charge is 0.0661 e. The van der Waals surface area contributed by atoms with Crippen molar-refractivity contribution in [2.45, 2.75) is 77.5 Å². The van der Waals surface area contributed by atoms with Gasteiger partial charge in [-0.25, -0.2) is 0 Å². The molecule has 3 atom stereocenters. The number of nitrogens with one attached hydrogen (secondary N) is 1. The summed E-state index contributed by atoms with van der Waals surface area (Å²) in [5.74, 6) is 2.53. The van der Waals surface area contributed by atoms with Gasteiger partial charge in [-0.3, -0.25) is 0 Å². The highest BCUT2D eigenvalue weighted by Crippen LogP contribution is 2.54. The van der Waals surface area contributed by atoms with Gasteiger partial charge in [0.25, 0.3) is 0 Å². The standard InChI is InChI=1S/C16H31NOS/c1-4-18-15-12-14(16(15)9-6-7-10-16)17-13(3)8-11-19-5-2/h13-15,17H,4-12H2,1-3H3. The largest absolute Gasteiger partial charge is 0.378 e. The van der Waals surface area contributed by atoms with Gasteiger partial charge >= 0.3 is 0 Å². The van der Waals surface area contributed by atoms with Gasteiger partial charge < -0.3 is 10.1 Å². The van der Waals surface area contributed by atoms with E-state index in [1.165, 1.54) is 50.0 Å². The van der Waals surface area contributed by atoms with Crippen LogP contribution in [0.4, 0.5) is 0 Å². The number of hydrogen-bond donors (Lipinski definition) is 1. The molecular weight excluding hydrogens is 254 g/mol. The van der Waals surface area contributed by atoms with E-state index in [-0.39, 0.29) is 0 Å². The van der Waals surface area contributed by atoms with Gasteiger partial charge in [0.15, 0.2) is 0 Å². The van der Waals surface area contributed by atoms with Gasteiger partial charge in [-0.1, -0.05) is 19.8 Å². The van der Waals surface area contributed by atoms with Gasteiger partial charge in [0, 0.05) is 24.1 Å². The first kappa shape index (κ1) is 15.7. The van der Waals surface area contributed by atoms with Crippen LogP contribution in [0.5, 0.6) is 0 Å². The monoisotopic (exact) mass is 285 g/mol. The van der Waals surface area contributed by atoms with Crippen molar-refractivity contribution in [2.75, 3.05) is 18.1 Å². The molecule has 19 heavy (non-hydrogen) atoms. The summed E-state index contributed by atoms with van der Waals surface area (Å²) in [4.78, 5) is 0. The average molecular weight is 285 g/mol. The minimum absolute atomic E-state index is 0.488. The molecule has 0 aliphatic heterocycles. The van der Waals surface area contributed by atoms with Crippen LogP contribution >= 0.6 is 11.8 Å². The maximum atomic E-state index is 5.98. The molecule has 3 heteroatoms. The molecule has 0 heterocycles. The molecule has 2 rings (SSSR count). The zero-order chi connectivity index (χ0) is 13.7. The third-order valence-electron chi connectivity index (χ3n) is 5.07. The SMILES string of the molecule is CCOC1CC(NC(C)CCSCC)C12CCCC2. The molecule has 0 bridgehead atoms. The average Bonchev–Trinajstić information content (AvgIpc) is 2.90. The van der Waals surface area contributed by atoms with E-state index in [0.717, 1.165) is 6.61 Å². The molecule has 1 spiro atoms. The van der Waals surface area contributed by atoms with Crippen molar-refractivity contribution in [1.29, 1.82) is 0 Å². The second-order valence-corrected chi connectivity index (χ2v) is 7.62. The van der Waals surface area contributed by atoms with Gasteiger partial charge in [0.2, 0.25) is 0 Å². The van der Waals surface area contributed by atoms with Crippen molar-refractivity contribution in [2.24, 2.45) is 5.41 Å². The Bertz CT molecular complexity index is 265. The molecule has 0 aromatic heterocycles. The quantitative estimate of drug-likeness (QED) is 0.685. The molecule has 2 fully saturated rings. The Hall–Kier alpha value is 0.270. The fourth-order valence-corrected chi connectivity index (χ4v) is 4.76. The molecule has 1 N–H and O–H groups in total. The van der Waals surface area contributed by atoms with Gasteiger partial charge in [-0.2, -0.15) is 11.8 Å². The third-order valence-corrected chi connectivity index (χ3v) is 6.00. The van der Waals surface area contributed by atoms with E-state index in [1.807, 2.05) is 0 Å². The summed E-state index contributed by atoms with van der Waals surface area (Å²) < 4.78 is 5.98. The minimum atomic E-state index is 0.488. The van der Waals surface area contributed by atoms with Crippen molar-refractivity contribution in [3.63, 3.8) is 0 Å². The van der Waals surface area contributed by atoms with Crippen LogP contribution in [-0.2, 0) is 4.74 Å². The van der Waals surface area contributed by atoms with Gasteiger partial charge in [-0.15, -0.1) is 0 Å². The maximum Gasteiger partial charge on any atom is 0.0661 e. The fraction of sp³-hybridized carbons (Fsp3) is 1.00. The molecule has 0 aromatic carbocycles. The van der Waals surface area contributed by atoms with Crippen LogP contribution in [0, 0.1) is 5.41 Å². The van der Waals surface area contributed by atoms with Crippen LogP contribution in [0.1, 0.15) is 59.3 Å². The van der Waals surface area contributed by atoms with Crippen molar-refractivity contribution in [3.8, 4) is 0 Å². The van der Waals surface area contributed by atoms with Gasteiger partial charge in [0.05, 0.1) is 6.10 Å². The topological polar surface area (TPSA) is 21.3 Å². The molecule has 0 saturated heterocycles. The minimum Gasteiger partial charge on any atom is -0.378 e. The lowest BCUT2D eigenvalue weighted by atomic mass is 9.60. The molecule has 2 aliphatic carbocycles. The molecule has 112 valence electrons. The predicted octanol–water partition coefficient (Wildman–Crippen LogP) is 3.85. The maximum absolute atomic E-state index is 5.98. The van der Waals surface area contributed by atoms with Crippen LogP contribution < -0.4 is 5.32 Å². The van der Waals surface area contributed by atoms with E-state index in [1.54, 1.807) is 0 Å². The summed E-state index contributed by atoms with van der Waals surface area (Å²) >= 11 is 2.06. The normalized spacial score (nSPS) is 30.5. The highest BCUT2D eigenvalue weighted by atomic mass is 32.2. The van der Waals surface area contributed by atoms with E-state index in [2.05, 4.69) is 37.8 Å². The summed E-state index contributed by atoms with van der Waals surface area (Å²) in [6, 6.07) is 1.37. The van der Waals surface area contributed by atoms with Crippen molar-refractivity contribution < 1.29 is 4.74 Å². The number of ether oxygens (including phenoxy) is 1. The first-order valence-corrected chi connectivity index (χ1v) is 9.33. The lowest BCUT2D eigenvalue weighted by molar-refractivity contribution is -0.132. The first-order chi connectivity index (χ1) is 9.23. The zero-order valence-corrected chi connectivity index (χ0v) is 13.7. The molecule has 2 nitrogen and oxygen atoms in total. The molecule has 0 amide bonds. The van der Waals surface area contributed by atoms with E-state index < -0.39 is 0 Å². The van der Waals surface area contributed by atoms with E-state index in [0.29, 0.717) is 23.6 Å². The Morgan fingerprint density at radius 2 is 2.05 bits per heavy atom. The Morgan fingerprint density at radius 1 is 1.32 bits per heavy atom.